The van der Waals surface area contributed by atoms with Crippen LogP contribution in [0.3, 0.4) is 0 Å². The van der Waals surface area contributed by atoms with Gasteiger partial charge in [-0.25, -0.2) is 24.1 Å². The summed E-state index contributed by atoms with van der Waals surface area (Å²) < 4.78 is 28.8. The molecule has 5 heterocycles. The first-order valence-electron chi connectivity index (χ1n) is 14.4. The quantitative estimate of drug-likeness (QED) is 0.282. The van der Waals surface area contributed by atoms with Crippen LogP contribution in [0, 0.1) is 5.82 Å². The van der Waals surface area contributed by atoms with Crippen molar-refractivity contribution in [1.82, 2.24) is 24.4 Å². The minimum atomic E-state index is -1.06. The van der Waals surface area contributed by atoms with Gasteiger partial charge < -0.3 is 19.1 Å². The van der Waals surface area contributed by atoms with Crippen molar-refractivity contribution in [2.24, 2.45) is 0 Å². The average molecular weight is 592 g/mol. The van der Waals surface area contributed by atoms with Gasteiger partial charge in [0.05, 0.1) is 24.9 Å². The number of aromatic carboxylic acids is 1. The van der Waals surface area contributed by atoms with Crippen molar-refractivity contribution in [3.63, 3.8) is 0 Å². The molecule has 11 heteroatoms. The highest BCUT2D eigenvalue weighted by Crippen LogP contribution is 2.54. The molecule has 0 spiro atoms. The topological polar surface area (TPSA) is 103 Å². The summed E-state index contributed by atoms with van der Waals surface area (Å²) in [7, 11) is 0. The SMILES string of the molecule is O=C(O)c1ccc2nc(CN3CCC(Oc4cccc(C5(c6ccc(Cl)cc6F)CC5)n4)CC3)n(CC3CCO3)c2n1. The van der Waals surface area contributed by atoms with Gasteiger partial charge in [-0.15, -0.1) is 0 Å². The third kappa shape index (κ3) is 5.23. The molecule has 1 N–H and O–H groups in total. The minimum Gasteiger partial charge on any atom is -0.477 e. The van der Waals surface area contributed by atoms with Gasteiger partial charge >= 0.3 is 5.97 Å². The number of hydrogen-bond donors (Lipinski definition) is 1. The maximum Gasteiger partial charge on any atom is 0.354 e. The van der Waals surface area contributed by atoms with Crippen LogP contribution >= 0.6 is 11.6 Å². The molecule has 4 aromatic rings. The van der Waals surface area contributed by atoms with Gasteiger partial charge in [0.15, 0.2) is 11.3 Å². The smallest absolute Gasteiger partial charge is 0.354 e. The van der Waals surface area contributed by atoms with Crippen LogP contribution in [0.1, 0.15) is 59.7 Å². The van der Waals surface area contributed by atoms with E-state index in [0.717, 1.165) is 63.3 Å². The molecule has 2 aliphatic heterocycles. The van der Waals surface area contributed by atoms with E-state index in [4.69, 9.17) is 31.0 Å². The van der Waals surface area contributed by atoms with Crippen molar-refractivity contribution in [1.29, 1.82) is 0 Å². The molecule has 3 aromatic heterocycles. The molecule has 1 aromatic carbocycles. The molecule has 1 saturated carbocycles. The number of hydrogen-bond acceptors (Lipinski definition) is 7. The van der Waals surface area contributed by atoms with E-state index in [-0.39, 0.29) is 23.7 Å². The summed E-state index contributed by atoms with van der Waals surface area (Å²) in [6, 6.07) is 13.8. The lowest BCUT2D eigenvalue weighted by Gasteiger charge is -2.32. The first kappa shape index (κ1) is 27.2. The van der Waals surface area contributed by atoms with E-state index in [0.29, 0.717) is 40.7 Å². The summed E-state index contributed by atoms with van der Waals surface area (Å²) in [6.07, 6.45) is 4.41. The lowest BCUT2D eigenvalue weighted by Crippen LogP contribution is -2.39. The molecular formula is C31H31ClFN5O4. The minimum absolute atomic E-state index is 0.00581. The Hall–Kier alpha value is -3.60. The van der Waals surface area contributed by atoms with E-state index >= 15 is 0 Å². The Kier molecular flexibility index (Phi) is 7.08. The van der Waals surface area contributed by atoms with Gasteiger partial charge in [-0.05, 0) is 62.4 Å². The Balaban J connectivity index is 1.02. The highest BCUT2D eigenvalue weighted by molar-refractivity contribution is 6.30. The lowest BCUT2D eigenvalue weighted by atomic mass is 9.91. The predicted molar refractivity (Wildman–Crippen MR) is 153 cm³/mol. The van der Waals surface area contributed by atoms with Gasteiger partial charge in [0, 0.05) is 41.8 Å². The third-order valence-electron chi connectivity index (χ3n) is 8.67. The maximum absolute atomic E-state index is 14.8. The second kappa shape index (κ2) is 10.9. The Bertz CT molecular complexity index is 1650. The number of imidazole rings is 1. The van der Waals surface area contributed by atoms with E-state index in [2.05, 4.69) is 9.88 Å². The molecule has 0 radical (unpaired) electrons. The van der Waals surface area contributed by atoms with Crippen molar-refractivity contribution in [3.8, 4) is 5.88 Å². The first-order valence-corrected chi connectivity index (χ1v) is 14.8. The number of nitrogens with zero attached hydrogens (tertiary/aromatic N) is 5. The summed E-state index contributed by atoms with van der Waals surface area (Å²) >= 11 is 5.98. The Morgan fingerprint density at radius 2 is 1.90 bits per heavy atom. The average Bonchev–Trinajstić information content (AvgIpc) is 3.68. The van der Waals surface area contributed by atoms with Crippen molar-refractivity contribution in [2.45, 2.75) is 62.8 Å². The van der Waals surface area contributed by atoms with Gasteiger partial charge in [0.2, 0.25) is 5.88 Å². The van der Waals surface area contributed by atoms with Crippen LogP contribution in [0.25, 0.3) is 11.2 Å². The molecule has 3 fully saturated rings. The predicted octanol–water partition coefficient (Wildman–Crippen LogP) is 5.23. The second-order valence-corrected chi connectivity index (χ2v) is 11.9. The highest BCUT2D eigenvalue weighted by Gasteiger charge is 2.49. The Morgan fingerprint density at radius 3 is 2.60 bits per heavy atom. The largest absolute Gasteiger partial charge is 0.477 e. The molecule has 42 heavy (non-hydrogen) atoms. The van der Waals surface area contributed by atoms with Gasteiger partial charge in [0.25, 0.3) is 0 Å². The van der Waals surface area contributed by atoms with E-state index in [1.54, 1.807) is 18.2 Å². The van der Waals surface area contributed by atoms with Crippen LogP contribution in [0.4, 0.5) is 4.39 Å². The molecule has 218 valence electrons. The number of rotatable bonds is 9. The van der Waals surface area contributed by atoms with Crippen molar-refractivity contribution >= 4 is 28.7 Å². The molecule has 3 aliphatic rings. The molecule has 0 amide bonds. The van der Waals surface area contributed by atoms with Gasteiger partial charge in [0.1, 0.15) is 23.3 Å². The van der Waals surface area contributed by atoms with Gasteiger partial charge in [-0.2, -0.15) is 0 Å². The third-order valence-corrected chi connectivity index (χ3v) is 8.90. The number of halogens is 2. The van der Waals surface area contributed by atoms with Crippen molar-refractivity contribution in [2.75, 3.05) is 19.7 Å². The zero-order valence-electron chi connectivity index (χ0n) is 23.0. The number of piperidine rings is 1. The second-order valence-electron chi connectivity index (χ2n) is 11.4. The van der Waals surface area contributed by atoms with Crippen LogP contribution in [-0.2, 0) is 23.2 Å². The summed E-state index contributed by atoms with van der Waals surface area (Å²) in [5.74, 6) is 0.0626. The van der Waals surface area contributed by atoms with Crippen LogP contribution in [0.5, 0.6) is 5.88 Å². The molecule has 1 aliphatic carbocycles. The fraction of sp³-hybridized carbons (Fsp3) is 0.419. The van der Waals surface area contributed by atoms with E-state index < -0.39 is 11.4 Å². The molecule has 2 saturated heterocycles. The first-order chi connectivity index (χ1) is 20.4. The fourth-order valence-electron chi connectivity index (χ4n) is 6.08. The van der Waals surface area contributed by atoms with Gasteiger partial charge in [-0.1, -0.05) is 23.7 Å². The number of fused-ring (bicyclic) bond motifs is 1. The fourth-order valence-corrected chi connectivity index (χ4v) is 6.24. The summed E-state index contributed by atoms with van der Waals surface area (Å²) in [5, 5.41) is 9.83. The molecule has 1 unspecified atom stereocenters. The summed E-state index contributed by atoms with van der Waals surface area (Å²) in [4.78, 5) is 27.9. The number of aromatic nitrogens is 4. The summed E-state index contributed by atoms with van der Waals surface area (Å²) in [6.45, 7) is 3.61. The van der Waals surface area contributed by atoms with E-state index in [1.807, 2.05) is 22.8 Å². The normalized spacial score (nSPS) is 20.4. The number of ether oxygens (including phenoxy) is 2. The molecular weight excluding hydrogens is 561 g/mol. The Labute approximate surface area is 247 Å². The number of likely N-dealkylation sites (tertiary alicyclic amines) is 1. The Morgan fingerprint density at radius 1 is 1.10 bits per heavy atom. The zero-order chi connectivity index (χ0) is 28.8. The van der Waals surface area contributed by atoms with Crippen LogP contribution in [-0.4, -0.2) is 67.4 Å². The molecule has 7 rings (SSSR count). The number of benzene rings is 1. The van der Waals surface area contributed by atoms with Crippen molar-refractivity contribution < 1.29 is 23.8 Å². The number of carboxylic acids is 1. The monoisotopic (exact) mass is 591 g/mol. The summed E-state index contributed by atoms with van der Waals surface area (Å²) in [5.41, 5.74) is 2.31. The van der Waals surface area contributed by atoms with Gasteiger partial charge in [-0.3, -0.25) is 4.90 Å². The molecule has 1 atom stereocenters. The van der Waals surface area contributed by atoms with Crippen molar-refractivity contribution in [3.05, 3.63) is 82.1 Å². The highest BCUT2D eigenvalue weighted by atomic mass is 35.5. The van der Waals surface area contributed by atoms with E-state index in [1.165, 1.54) is 12.1 Å². The van der Waals surface area contributed by atoms with Crippen LogP contribution in [0.15, 0.2) is 48.5 Å². The molecule has 0 bridgehead atoms. The maximum atomic E-state index is 14.8. The van der Waals surface area contributed by atoms with E-state index in [9.17, 15) is 14.3 Å². The lowest BCUT2D eigenvalue weighted by molar-refractivity contribution is -0.0593. The number of carboxylic acid groups (broad SMARTS) is 1. The number of carbonyl (C=O) groups is 1. The standard InChI is InChI=1S/C31H31ClFN5O4/c32-19-4-5-22(23(33)16-19)31(11-12-31)26-2-1-3-28(36-26)42-20-8-13-37(14-9-20)18-27-34-24-6-7-25(30(39)40)35-29(24)38(27)17-21-10-15-41-21/h1-7,16,20-21H,8-15,17-18H2,(H,39,40). The van der Waals surface area contributed by atoms with Crippen LogP contribution < -0.4 is 4.74 Å². The van der Waals surface area contributed by atoms with Crippen LogP contribution in [0.2, 0.25) is 5.02 Å². The molecule has 9 nitrogen and oxygen atoms in total. The zero-order valence-corrected chi connectivity index (χ0v) is 23.8. The number of pyridine rings is 2.